The van der Waals surface area contributed by atoms with Crippen LogP contribution in [0.5, 0.6) is 0 Å². The lowest BCUT2D eigenvalue weighted by atomic mass is 10.1. The normalized spacial score (nSPS) is 13.4. The maximum Gasteiger partial charge on any atom is 0.110 e. The molecule has 1 rings (SSSR count). The molecular weight excluding hydrogens is 182 g/mol. The summed E-state index contributed by atoms with van der Waals surface area (Å²) in [5.41, 5.74) is 3.68. The number of aryl methyl sites for hydroxylation is 2. The van der Waals surface area contributed by atoms with Crippen molar-refractivity contribution in [1.29, 1.82) is 0 Å². The molecule has 0 heterocycles. The van der Waals surface area contributed by atoms with Crippen molar-refractivity contribution in [3.05, 3.63) is 34.9 Å². The van der Waals surface area contributed by atoms with Crippen molar-refractivity contribution in [2.45, 2.75) is 19.3 Å². The Balaban J connectivity index is 3.05. The molecule has 1 nitrogen and oxygen atoms in total. The molecule has 0 aliphatic carbocycles. The number of rotatable bonds is 2. The van der Waals surface area contributed by atoms with Crippen molar-refractivity contribution >= 4 is 11.6 Å². The first-order valence-corrected chi connectivity index (χ1v) is 4.83. The van der Waals surface area contributed by atoms with Gasteiger partial charge in [0.2, 0.25) is 0 Å². The van der Waals surface area contributed by atoms with E-state index in [1.165, 1.54) is 16.7 Å². The second kappa shape index (κ2) is 4.12. The molecule has 2 heteroatoms. The van der Waals surface area contributed by atoms with Crippen LogP contribution in [0.15, 0.2) is 18.2 Å². The lowest BCUT2D eigenvalue weighted by Crippen LogP contribution is -2.15. The standard InChI is InChI=1S/C11H16ClN/c1-8-5-6-9(2)10(7-8)11(12)13(3)4/h5-7,11H,1-4H3. The van der Waals surface area contributed by atoms with Crippen LogP contribution in [-0.2, 0) is 0 Å². The van der Waals surface area contributed by atoms with Crippen molar-refractivity contribution in [1.82, 2.24) is 4.90 Å². The van der Waals surface area contributed by atoms with Crippen molar-refractivity contribution in [3.63, 3.8) is 0 Å². The molecule has 0 spiro atoms. The van der Waals surface area contributed by atoms with Gasteiger partial charge in [-0.05, 0) is 39.1 Å². The van der Waals surface area contributed by atoms with Gasteiger partial charge in [-0.15, -0.1) is 11.6 Å². The van der Waals surface area contributed by atoms with Crippen LogP contribution < -0.4 is 0 Å². The van der Waals surface area contributed by atoms with Crippen LogP contribution in [0.2, 0.25) is 0 Å². The van der Waals surface area contributed by atoms with E-state index in [2.05, 4.69) is 32.0 Å². The van der Waals surface area contributed by atoms with Crippen LogP contribution in [0.3, 0.4) is 0 Å². The summed E-state index contributed by atoms with van der Waals surface area (Å²) in [5.74, 6) is 0. The van der Waals surface area contributed by atoms with Gasteiger partial charge < -0.3 is 0 Å². The van der Waals surface area contributed by atoms with E-state index in [1.807, 2.05) is 19.0 Å². The SMILES string of the molecule is Cc1ccc(C)c(C(Cl)N(C)C)c1. The number of alkyl halides is 1. The number of benzene rings is 1. The van der Waals surface area contributed by atoms with Gasteiger partial charge in [0.25, 0.3) is 0 Å². The highest BCUT2D eigenvalue weighted by molar-refractivity contribution is 6.20. The molecule has 13 heavy (non-hydrogen) atoms. The topological polar surface area (TPSA) is 3.24 Å². The molecule has 0 amide bonds. The van der Waals surface area contributed by atoms with E-state index in [0.29, 0.717) is 0 Å². The van der Waals surface area contributed by atoms with Crippen LogP contribution in [0, 0.1) is 13.8 Å². The maximum absolute atomic E-state index is 6.24. The van der Waals surface area contributed by atoms with E-state index in [0.717, 1.165) is 0 Å². The Morgan fingerprint density at radius 2 is 1.85 bits per heavy atom. The summed E-state index contributed by atoms with van der Waals surface area (Å²) in [6, 6.07) is 6.37. The van der Waals surface area contributed by atoms with Crippen LogP contribution in [0.1, 0.15) is 22.2 Å². The average Bonchev–Trinajstić information content (AvgIpc) is 2.08. The minimum atomic E-state index is -0.0279. The first-order chi connectivity index (χ1) is 6.02. The zero-order valence-electron chi connectivity index (χ0n) is 8.63. The zero-order valence-corrected chi connectivity index (χ0v) is 9.39. The van der Waals surface area contributed by atoms with E-state index in [4.69, 9.17) is 11.6 Å². The maximum atomic E-state index is 6.24. The van der Waals surface area contributed by atoms with Crippen LogP contribution in [-0.4, -0.2) is 19.0 Å². The smallest absolute Gasteiger partial charge is 0.110 e. The van der Waals surface area contributed by atoms with E-state index in [-0.39, 0.29) is 5.50 Å². The molecule has 0 saturated heterocycles. The first kappa shape index (κ1) is 10.6. The van der Waals surface area contributed by atoms with E-state index < -0.39 is 0 Å². The highest BCUT2D eigenvalue weighted by Crippen LogP contribution is 2.26. The van der Waals surface area contributed by atoms with Crippen LogP contribution in [0.4, 0.5) is 0 Å². The monoisotopic (exact) mass is 197 g/mol. The molecule has 1 aromatic rings. The predicted molar refractivity (Wildman–Crippen MR) is 58.2 cm³/mol. The predicted octanol–water partition coefficient (Wildman–Crippen LogP) is 3.10. The Morgan fingerprint density at radius 3 is 2.38 bits per heavy atom. The average molecular weight is 198 g/mol. The first-order valence-electron chi connectivity index (χ1n) is 4.40. The second-order valence-electron chi connectivity index (χ2n) is 3.66. The number of nitrogens with zero attached hydrogens (tertiary/aromatic N) is 1. The van der Waals surface area contributed by atoms with Crippen LogP contribution >= 0.6 is 11.6 Å². The van der Waals surface area contributed by atoms with Crippen molar-refractivity contribution in [2.75, 3.05) is 14.1 Å². The summed E-state index contributed by atoms with van der Waals surface area (Å²) in [4.78, 5) is 2.00. The van der Waals surface area contributed by atoms with Crippen molar-refractivity contribution in [2.24, 2.45) is 0 Å². The fraction of sp³-hybridized carbons (Fsp3) is 0.455. The molecule has 0 radical (unpaired) electrons. The minimum Gasteiger partial charge on any atom is -0.290 e. The van der Waals surface area contributed by atoms with Gasteiger partial charge in [0.05, 0.1) is 0 Å². The third kappa shape index (κ3) is 2.45. The molecule has 0 fully saturated rings. The molecule has 0 aliphatic rings. The highest BCUT2D eigenvalue weighted by atomic mass is 35.5. The highest BCUT2D eigenvalue weighted by Gasteiger charge is 2.12. The second-order valence-corrected chi connectivity index (χ2v) is 4.07. The van der Waals surface area contributed by atoms with Gasteiger partial charge in [-0.25, -0.2) is 0 Å². The van der Waals surface area contributed by atoms with E-state index in [1.54, 1.807) is 0 Å². The van der Waals surface area contributed by atoms with Gasteiger partial charge in [-0.1, -0.05) is 23.8 Å². The van der Waals surface area contributed by atoms with E-state index in [9.17, 15) is 0 Å². The molecule has 1 aromatic carbocycles. The number of halogens is 1. The molecule has 1 atom stereocenters. The molecular formula is C11H16ClN. The molecule has 0 bridgehead atoms. The summed E-state index contributed by atoms with van der Waals surface area (Å²) in [6.45, 7) is 4.18. The third-order valence-electron chi connectivity index (χ3n) is 2.14. The van der Waals surface area contributed by atoms with Gasteiger partial charge >= 0.3 is 0 Å². The fourth-order valence-electron chi connectivity index (χ4n) is 1.29. The van der Waals surface area contributed by atoms with Gasteiger partial charge in [0.15, 0.2) is 0 Å². The molecule has 1 unspecified atom stereocenters. The van der Waals surface area contributed by atoms with Gasteiger partial charge in [0.1, 0.15) is 5.50 Å². The lowest BCUT2D eigenvalue weighted by molar-refractivity contribution is 0.383. The van der Waals surface area contributed by atoms with Gasteiger partial charge in [-0.2, -0.15) is 0 Å². The van der Waals surface area contributed by atoms with Crippen LogP contribution in [0.25, 0.3) is 0 Å². The lowest BCUT2D eigenvalue weighted by Gasteiger charge is -2.20. The minimum absolute atomic E-state index is 0.0279. The summed E-state index contributed by atoms with van der Waals surface area (Å²) in [5, 5.41) is 0. The van der Waals surface area contributed by atoms with Gasteiger partial charge in [0, 0.05) is 0 Å². The third-order valence-corrected chi connectivity index (χ3v) is 2.77. The Bertz CT molecular complexity index is 294. The zero-order chi connectivity index (χ0) is 10.0. The quantitative estimate of drug-likeness (QED) is 0.520. The summed E-state index contributed by atoms with van der Waals surface area (Å²) in [6.07, 6.45) is 0. The summed E-state index contributed by atoms with van der Waals surface area (Å²) in [7, 11) is 3.97. The Hall–Kier alpha value is -0.530. The van der Waals surface area contributed by atoms with Gasteiger partial charge in [-0.3, -0.25) is 4.90 Å². The summed E-state index contributed by atoms with van der Waals surface area (Å²) >= 11 is 6.24. The van der Waals surface area contributed by atoms with Crippen molar-refractivity contribution in [3.8, 4) is 0 Å². The molecule has 0 saturated carbocycles. The molecule has 72 valence electrons. The molecule has 0 aromatic heterocycles. The number of hydrogen-bond acceptors (Lipinski definition) is 1. The Morgan fingerprint density at radius 1 is 1.23 bits per heavy atom. The van der Waals surface area contributed by atoms with E-state index >= 15 is 0 Å². The van der Waals surface area contributed by atoms with Crippen molar-refractivity contribution < 1.29 is 0 Å². The molecule has 0 N–H and O–H groups in total. The Labute approximate surface area is 85.3 Å². The molecule has 0 aliphatic heterocycles. The Kier molecular flexibility index (Phi) is 3.34. The number of hydrogen-bond donors (Lipinski definition) is 0. The largest absolute Gasteiger partial charge is 0.290 e. The summed E-state index contributed by atoms with van der Waals surface area (Å²) < 4.78 is 0. The fourth-order valence-corrected chi connectivity index (χ4v) is 1.53.